The third-order valence-corrected chi connectivity index (χ3v) is 3.87. The zero-order valence-electron chi connectivity index (χ0n) is 13.3. The summed E-state index contributed by atoms with van der Waals surface area (Å²) >= 11 is 0. The van der Waals surface area contributed by atoms with E-state index in [4.69, 9.17) is 4.74 Å². The molecular weight excluding hydrogens is 290 g/mol. The van der Waals surface area contributed by atoms with Gasteiger partial charge in [-0.1, -0.05) is 0 Å². The summed E-state index contributed by atoms with van der Waals surface area (Å²) in [7, 11) is 0. The van der Waals surface area contributed by atoms with Gasteiger partial charge in [0, 0.05) is 18.8 Å². The number of amides is 1. The van der Waals surface area contributed by atoms with Crippen LogP contribution in [-0.2, 0) is 0 Å². The summed E-state index contributed by atoms with van der Waals surface area (Å²) in [5.41, 5.74) is 2.23. The molecule has 0 atom stereocenters. The van der Waals surface area contributed by atoms with E-state index >= 15 is 0 Å². The van der Waals surface area contributed by atoms with Crippen molar-refractivity contribution in [3.05, 3.63) is 48.3 Å². The first-order valence-corrected chi connectivity index (χ1v) is 8.01. The zero-order valence-corrected chi connectivity index (χ0v) is 13.3. The van der Waals surface area contributed by atoms with Crippen molar-refractivity contribution < 1.29 is 9.53 Å². The summed E-state index contributed by atoms with van der Waals surface area (Å²) in [5.74, 6) is 0.584. The quantitative estimate of drug-likeness (QED) is 0.920. The third-order valence-electron chi connectivity index (χ3n) is 3.87. The van der Waals surface area contributed by atoms with Crippen molar-refractivity contribution in [2.45, 2.75) is 19.8 Å². The number of nitrogens with one attached hydrogen (secondary N) is 1. The maximum atomic E-state index is 12.2. The lowest BCUT2D eigenvalue weighted by atomic mass is 10.2. The number of hydrogen-bond acceptors (Lipinski definition) is 4. The molecule has 0 unspecified atom stereocenters. The van der Waals surface area contributed by atoms with Gasteiger partial charge >= 0.3 is 0 Å². The molecule has 3 rings (SSSR count). The molecule has 1 fully saturated rings. The summed E-state index contributed by atoms with van der Waals surface area (Å²) < 4.78 is 5.38. The molecule has 0 spiro atoms. The van der Waals surface area contributed by atoms with E-state index in [0.717, 1.165) is 30.2 Å². The molecular formula is C18H21N3O2. The molecule has 1 saturated heterocycles. The Labute approximate surface area is 136 Å². The van der Waals surface area contributed by atoms with Crippen LogP contribution in [0.5, 0.6) is 5.75 Å². The van der Waals surface area contributed by atoms with Gasteiger partial charge in [0.05, 0.1) is 18.5 Å². The Morgan fingerprint density at radius 1 is 1.17 bits per heavy atom. The van der Waals surface area contributed by atoms with Crippen molar-refractivity contribution in [2.24, 2.45) is 0 Å². The van der Waals surface area contributed by atoms with Crippen LogP contribution in [0.15, 0.2) is 42.6 Å². The SMILES string of the molecule is CCOc1ccc(NC(=O)c2ccc(N3CCCC3)cn2)cc1. The van der Waals surface area contributed by atoms with Crippen molar-refractivity contribution in [3.63, 3.8) is 0 Å². The predicted molar refractivity (Wildman–Crippen MR) is 91.2 cm³/mol. The van der Waals surface area contributed by atoms with E-state index in [1.807, 2.05) is 37.3 Å². The Morgan fingerprint density at radius 2 is 1.91 bits per heavy atom. The maximum absolute atomic E-state index is 12.2. The highest BCUT2D eigenvalue weighted by Crippen LogP contribution is 2.20. The Morgan fingerprint density at radius 3 is 2.52 bits per heavy atom. The van der Waals surface area contributed by atoms with Gasteiger partial charge in [-0.25, -0.2) is 4.98 Å². The molecule has 5 nitrogen and oxygen atoms in total. The highest BCUT2D eigenvalue weighted by Gasteiger charge is 2.14. The summed E-state index contributed by atoms with van der Waals surface area (Å²) in [4.78, 5) is 18.8. The molecule has 1 aliphatic heterocycles. The van der Waals surface area contributed by atoms with Crippen LogP contribution in [0.1, 0.15) is 30.3 Å². The number of aromatic nitrogens is 1. The van der Waals surface area contributed by atoms with Crippen LogP contribution < -0.4 is 15.0 Å². The van der Waals surface area contributed by atoms with Crippen LogP contribution in [0.25, 0.3) is 0 Å². The number of benzene rings is 1. The van der Waals surface area contributed by atoms with Crippen LogP contribution in [0.2, 0.25) is 0 Å². The van der Waals surface area contributed by atoms with Crippen molar-refractivity contribution in [1.29, 1.82) is 0 Å². The normalized spacial score (nSPS) is 13.9. The van der Waals surface area contributed by atoms with E-state index in [9.17, 15) is 4.79 Å². The molecule has 1 amide bonds. The summed E-state index contributed by atoms with van der Waals surface area (Å²) in [6.07, 6.45) is 4.22. The van der Waals surface area contributed by atoms with Crippen molar-refractivity contribution in [3.8, 4) is 5.75 Å². The number of carbonyl (C=O) groups excluding carboxylic acids is 1. The molecule has 5 heteroatoms. The maximum Gasteiger partial charge on any atom is 0.274 e. The molecule has 2 heterocycles. The van der Waals surface area contributed by atoms with Crippen LogP contribution in [0.4, 0.5) is 11.4 Å². The molecule has 0 aliphatic carbocycles. The lowest BCUT2D eigenvalue weighted by Gasteiger charge is -2.17. The summed E-state index contributed by atoms with van der Waals surface area (Å²) in [6, 6.07) is 11.1. The van der Waals surface area contributed by atoms with Gasteiger partial charge in [0.15, 0.2) is 0 Å². The van der Waals surface area contributed by atoms with Gasteiger partial charge in [-0.05, 0) is 56.2 Å². The molecule has 1 N–H and O–H groups in total. The van der Waals surface area contributed by atoms with E-state index in [2.05, 4.69) is 15.2 Å². The molecule has 1 aromatic heterocycles. The van der Waals surface area contributed by atoms with E-state index < -0.39 is 0 Å². The smallest absolute Gasteiger partial charge is 0.274 e. The zero-order chi connectivity index (χ0) is 16.1. The van der Waals surface area contributed by atoms with Crippen LogP contribution in [0.3, 0.4) is 0 Å². The standard InChI is InChI=1S/C18H21N3O2/c1-2-23-16-8-5-14(6-9-16)20-18(22)17-10-7-15(13-19-17)21-11-3-4-12-21/h5-10,13H,2-4,11-12H2,1H3,(H,20,22). The molecule has 2 aromatic rings. The highest BCUT2D eigenvalue weighted by molar-refractivity contribution is 6.02. The van der Waals surface area contributed by atoms with Crippen LogP contribution in [0, 0.1) is 0 Å². The van der Waals surface area contributed by atoms with Crippen molar-refractivity contribution in [1.82, 2.24) is 4.98 Å². The largest absolute Gasteiger partial charge is 0.494 e. The molecule has 1 aromatic carbocycles. The second-order valence-electron chi connectivity index (χ2n) is 5.51. The monoisotopic (exact) mass is 311 g/mol. The number of pyridine rings is 1. The fourth-order valence-electron chi connectivity index (χ4n) is 2.68. The number of nitrogens with zero attached hydrogens (tertiary/aromatic N) is 2. The average Bonchev–Trinajstić information content (AvgIpc) is 3.11. The fourth-order valence-corrected chi connectivity index (χ4v) is 2.68. The molecule has 120 valence electrons. The van der Waals surface area contributed by atoms with Gasteiger partial charge in [0.1, 0.15) is 11.4 Å². The minimum absolute atomic E-state index is 0.206. The van der Waals surface area contributed by atoms with Crippen molar-refractivity contribution >= 4 is 17.3 Å². The second-order valence-corrected chi connectivity index (χ2v) is 5.51. The minimum atomic E-state index is -0.206. The average molecular weight is 311 g/mol. The Balaban J connectivity index is 1.63. The molecule has 0 bridgehead atoms. The number of carbonyl (C=O) groups is 1. The Bertz CT molecular complexity index is 647. The number of ether oxygens (including phenoxy) is 1. The predicted octanol–water partition coefficient (Wildman–Crippen LogP) is 3.33. The first-order valence-electron chi connectivity index (χ1n) is 8.01. The number of anilines is 2. The van der Waals surface area contributed by atoms with Crippen molar-refractivity contribution in [2.75, 3.05) is 29.9 Å². The van der Waals surface area contributed by atoms with E-state index in [1.54, 1.807) is 12.3 Å². The Kier molecular flexibility index (Phi) is 4.76. The molecule has 0 radical (unpaired) electrons. The van der Waals surface area contributed by atoms with Gasteiger partial charge in [-0.3, -0.25) is 4.79 Å². The lowest BCUT2D eigenvalue weighted by molar-refractivity contribution is 0.102. The van der Waals surface area contributed by atoms with Gasteiger partial charge in [-0.15, -0.1) is 0 Å². The number of hydrogen-bond donors (Lipinski definition) is 1. The van der Waals surface area contributed by atoms with Gasteiger partial charge in [0.2, 0.25) is 0 Å². The molecule has 0 saturated carbocycles. The first-order chi connectivity index (χ1) is 11.3. The van der Waals surface area contributed by atoms with E-state index in [0.29, 0.717) is 12.3 Å². The van der Waals surface area contributed by atoms with Crippen LogP contribution >= 0.6 is 0 Å². The minimum Gasteiger partial charge on any atom is -0.494 e. The van der Waals surface area contributed by atoms with E-state index in [1.165, 1.54) is 12.8 Å². The van der Waals surface area contributed by atoms with Gasteiger partial charge < -0.3 is 15.0 Å². The molecule has 23 heavy (non-hydrogen) atoms. The lowest BCUT2D eigenvalue weighted by Crippen LogP contribution is -2.19. The Hall–Kier alpha value is -2.56. The third kappa shape index (κ3) is 3.80. The van der Waals surface area contributed by atoms with E-state index in [-0.39, 0.29) is 5.91 Å². The van der Waals surface area contributed by atoms with Gasteiger partial charge in [-0.2, -0.15) is 0 Å². The summed E-state index contributed by atoms with van der Waals surface area (Å²) in [5, 5.41) is 2.85. The van der Waals surface area contributed by atoms with Gasteiger partial charge in [0.25, 0.3) is 5.91 Å². The highest BCUT2D eigenvalue weighted by atomic mass is 16.5. The topological polar surface area (TPSA) is 54.5 Å². The summed E-state index contributed by atoms with van der Waals surface area (Å²) in [6.45, 7) is 4.70. The number of rotatable bonds is 5. The van der Waals surface area contributed by atoms with Crippen LogP contribution in [-0.4, -0.2) is 30.6 Å². The molecule has 1 aliphatic rings. The second kappa shape index (κ2) is 7.13. The first kappa shape index (κ1) is 15.3. The fraction of sp³-hybridized carbons (Fsp3) is 0.333.